The lowest BCUT2D eigenvalue weighted by Crippen LogP contribution is -2.18. The van der Waals surface area contributed by atoms with Crippen LogP contribution in [0.1, 0.15) is 21.5 Å². The van der Waals surface area contributed by atoms with E-state index in [0.29, 0.717) is 10.4 Å². The van der Waals surface area contributed by atoms with Crippen LogP contribution in [0.4, 0.5) is 0 Å². The summed E-state index contributed by atoms with van der Waals surface area (Å²) in [5.74, 6) is 0.543. The zero-order chi connectivity index (χ0) is 20.5. The lowest BCUT2D eigenvalue weighted by Gasteiger charge is -2.06. The first-order valence-electron chi connectivity index (χ1n) is 8.69. The van der Waals surface area contributed by atoms with Crippen LogP contribution in [0.15, 0.2) is 46.3 Å². The molecule has 8 heteroatoms. The fourth-order valence-electron chi connectivity index (χ4n) is 2.80. The van der Waals surface area contributed by atoms with Crippen LogP contribution >= 0.6 is 23.1 Å². The fraction of sp³-hybridized carbons (Fsp3) is 0.300. The molecule has 0 saturated heterocycles. The highest BCUT2D eigenvalue weighted by Crippen LogP contribution is 2.22. The molecule has 0 aliphatic heterocycles. The normalized spacial score (nSPS) is 12.6. The molecule has 0 N–H and O–H groups in total. The maximum Gasteiger partial charge on any atom is 0.279 e. The predicted octanol–water partition coefficient (Wildman–Crippen LogP) is 3.83. The van der Waals surface area contributed by atoms with Gasteiger partial charge in [0.05, 0.1) is 15.1 Å². The van der Waals surface area contributed by atoms with E-state index in [4.69, 9.17) is 0 Å². The topological polar surface area (TPSA) is 68.5 Å². The number of amides is 1. The van der Waals surface area contributed by atoms with E-state index < -0.39 is 9.84 Å². The fourth-order valence-corrected chi connectivity index (χ4v) is 4.93. The summed E-state index contributed by atoms with van der Waals surface area (Å²) in [6.07, 6.45) is 3.19. The SMILES string of the molecule is CSCCn1c(=NC(=O)c2ccc(S(C)(=O)=O)cc2)sc2cc(C)c(C)cc21. The third-order valence-corrected chi connectivity index (χ3v) is 7.30. The first kappa shape index (κ1) is 20.8. The van der Waals surface area contributed by atoms with Crippen molar-refractivity contribution in [3.8, 4) is 0 Å². The van der Waals surface area contributed by atoms with Crippen LogP contribution in [0.2, 0.25) is 0 Å². The molecular formula is C20H22N2O3S3. The van der Waals surface area contributed by atoms with Gasteiger partial charge in [-0.15, -0.1) is 0 Å². The van der Waals surface area contributed by atoms with Gasteiger partial charge in [-0.3, -0.25) is 4.79 Å². The lowest BCUT2D eigenvalue weighted by atomic mass is 10.1. The largest absolute Gasteiger partial charge is 0.315 e. The van der Waals surface area contributed by atoms with Crippen molar-refractivity contribution in [2.75, 3.05) is 18.3 Å². The van der Waals surface area contributed by atoms with E-state index in [0.717, 1.165) is 28.8 Å². The van der Waals surface area contributed by atoms with Gasteiger partial charge in [0.25, 0.3) is 5.91 Å². The van der Waals surface area contributed by atoms with Gasteiger partial charge < -0.3 is 4.57 Å². The summed E-state index contributed by atoms with van der Waals surface area (Å²) >= 11 is 3.24. The van der Waals surface area contributed by atoms with E-state index in [2.05, 4.69) is 41.8 Å². The van der Waals surface area contributed by atoms with Crippen LogP contribution in [0.3, 0.4) is 0 Å². The maximum absolute atomic E-state index is 12.7. The number of hydrogen-bond donors (Lipinski definition) is 0. The van der Waals surface area contributed by atoms with Crippen LogP contribution in [-0.2, 0) is 16.4 Å². The molecule has 3 rings (SSSR count). The molecular weight excluding hydrogens is 412 g/mol. The number of rotatable bonds is 5. The van der Waals surface area contributed by atoms with Gasteiger partial charge in [0.15, 0.2) is 14.6 Å². The number of nitrogens with zero attached hydrogens (tertiary/aromatic N) is 2. The highest BCUT2D eigenvalue weighted by atomic mass is 32.2. The smallest absolute Gasteiger partial charge is 0.279 e. The van der Waals surface area contributed by atoms with Crippen molar-refractivity contribution < 1.29 is 13.2 Å². The van der Waals surface area contributed by atoms with Gasteiger partial charge >= 0.3 is 0 Å². The second-order valence-corrected chi connectivity index (χ2v) is 10.7. The molecule has 0 aliphatic rings. The van der Waals surface area contributed by atoms with Gasteiger partial charge in [-0.25, -0.2) is 8.42 Å². The minimum absolute atomic E-state index is 0.187. The van der Waals surface area contributed by atoms with E-state index in [9.17, 15) is 13.2 Å². The minimum atomic E-state index is -3.29. The first-order valence-corrected chi connectivity index (χ1v) is 12.8. The highest BCUT2D eigenvalue weighted by molar-refractivity contribution is 7.98. The number of thiazole rings is 1. The number of fused-ring (bicyclic) bond motifs is 1. The quantitative estimate of drug-likeness (QED) is 0.612. The van der Waals surface area contributed by atoms with E-state index in [-0.39, 0.29) is 10.8 Å². The summed E-state index contributed by atoms with van der Waals surface area (Å²) in [5.41, 5.74) is 3.87. The average molecular weight is 435 g/mol. The number of aryl methyl sites for hydroxylation is 3. The Kier molecular flexibility index (Phi) is 6.12. The molecule has 0 aliphatic carbocycles. The van der Waals surface area contributed by atoms with E-state index >= 15 is 0 Å². The van der Waals surface area contributed by atoms with Crippen molar-refractivity contribution in [3.05, 3.63) is 57.9 Å². The summed E-state index contributed by atoms with van der Waals surface area (Å²) in [5, 5.41) is 0. The molecule has 3 aromatic rings. The van der Waals surface area contributed by atoms with Crippen molar-refractivity contribution in [1.82, 2.24) is 4.57 Å². The molecule has 0 unspecified atom stereocenters. The van der Waals surface area contributed by atoms with Gasteiger partial charge in [0.2, 0.25) is 0 Å². The molecule has 148 valence electrons. The van der Waals surface area contributed by atoms with Crippen molar-refractivity contribution in [1.29, 1.82) is 0 Å². The Morgan fingerprint density at radius 2 is 1.79 bits per heavy atom. The van der Waals surface area contributed by atoms with Gasteiger partial charge in [0.1, 0.15) is 0 Å². The number of thioether (sulfide) groups is 1. The third kappa shape index (κ3) is 4.39. The molecule has 5 nitrogen and oxygen atoms in total. The van der Waals surface area contributed by atoms with Crippen molar-refractivity contribution >= 4 is 49.1 Å². The predicted molar refractivity (Wildman–Crippen MR) is 117 cm³/mol. The van der Waals surface area contributed by atoms with Crippen LogP contribution in [-0.4, -0.2) is 37.2 Å². The standard InChI is InChI=1S/C20H22N2O3S3/c1-13-11-17-18(12-14(13)2)27-20(22(17)9-10-26-3)21-19(23)15-5-7-16(8-6-15)28(4,24)25/h5-8,11-12H,9-10H2,1-4H3. The van der Waals surface area contributed by atoms with Gasteiger partial charge in [0, 0.05) is 24.1 Å². The lowest BCUT2D eigenvalue weighted by molar-refractivity contribution is 0.0997. The third-order valence-electron chi connectivity index (χ3n) is 4.54. The molecule has 1 heterocycles. The molecule has 2 aromatic carbocycles. The Hall–Kier alpha value is -1.90. The number of aromatic nitrogens is 1. The molecule has 1 aromatic heterocycles. The van der Waals surface area contributed by atoms with Crippen molar-refractivity contribution in [3.63, 3.8) is 0 Å². The number of carbonyl (C=O) groups excluding carboxylic acids is 1. The summed E-state index contributed by atoms with van der Waals surface area (Å²) in [6, 6.07) is 10.2. The molecule has 0 bridgehead atoms. The van der Waals surface area contributed by atoms with Gasteiger partial charge in [-0.05, 0) is 67.6 Å². The number of hydrogen-bond acceptors (Lipinski definition) is 5. The first-order chi connectivity index (χ1) is 13.2. The Labute approximate surface area is 173 Å². The molecule has 0 radical (unpaired) electrons. The Bertz CT molecular complexity index is 1200. The molecule has 0 saturated carbocycles. The molecule has 1 amide bonds. The second kappa shape index (κ2) is 8.23. The van der Waals surface area contributed by atoms with Crippen LogP contribution in [0, 0.1) is 13.8 Å². The number of carbonyl (C=O) groups is 1. The van der Waals surface area contributed by atoms with Gasteiger partial charge in [-0.2, -0.15) is 16.8 Å². The minimum Gasteiger partial charge on any atom is -0.315 e. The Morgan fingerprint density at radius 3 is 2.39 bits per heavy atom. The summed E-state index contributed by atoms with van der Waals surface area (Å²) in [7, 11) is -3.29. The Balaban J connectivity index is 2.08. The molecule has 0 fully saturated rings. The van der Waals surface area contributed by atoms with E-state index in [1.54, 1.807) is 11.8 Å². The van der Waals surface area contributed by atoms with Crippen LogP contribution in [0.5, 0.6) is 0 Å². The molecule has 0 spiro atoms. The second-order valence-electron chi connectivity index (χ2n) is 6.65. The average Bonchev–Trinajstić information content (AvgIpc) is 2.95. The highest BCUT2D eigenvalue weighted by Gasteiger charge is 2.12. The summed E-state index contributed by atoms with van der Waals surface area (Å²) < 4.78 is 26.4. The van der Waals surface area contributed by atoms with Crippen LogP contribution in [0.25, 0.3) is 10.2 Å². The maximum atomic E-state index is 12.7. The summed E-state index contributed by atoms with van der Waals surface area (Å²) in [4.78, 5) is 17.9. The summed E-state index contributed by atoms with van der Waals surface area (Å²) in [6.45, 7) is 4.92. The van der Waals surface area contributed by atoms with Crippen LogP contribution < -0.4 is 4.80 Å². The monoisotopic (exact) mass is 434 g/mol. The molecule has 28 heavy (non-hydrogen) atoms. The Morgan fingerprint density at radius 1 is 1.14 bits per heavy atom. The van der Waals surface area contributed by atoms with Gasteiger partial charge in [-0.1, -0.05) is 11.3 Å². The van der Waals surface area contributed by atoms with Crippen molar-refractivity contribution in [2.24, 2.45) is 4.99 Å². The number of sulfone groups is 1. The zero-order valence-electron chi connectivity index (χ0n) is 16.2. The van der Waals surface area contributed by atoms with E-state index in [1.165, 1.54) is 46.7 Å². The van der Waals surface area contributed by atoms with Crippen molar-refractivity contribution in [2.45, 2.75) is 25.3 Å². The zero-order valence-corrected chi connectivity index (χ0v) is 18.7. The number of benzene rings is 2. The molecule has 0 atom stereocenters. The van der Waals surface area contributed by atoms with E-state index in [1.807, 2.05) is 0 Å².